The van der Waals surface area contributed by atoms with Crippen LogP contribution in [0.5, 0.6) is 0 Å². The van der Waals surface area contributed by atoms with Gasteiger partial charge in [-0.15, -0.1) is 0 Å². The molecule has 0 spiro atoms. The van der Waals surface area contributed by atoms with E-state index >= 15 is 0 Å². The Balaban J connectivity index is 1.36. The Morgan fingerprint density at radius 1 is 1.13 bits per heavy atom. The van der Waals surface area contributed by atoms with E-state index in [1.807, 2.05) is 39.1 Å². The fourth-order valence-corrected chi connectivity index (χ4v) is 5.72. The molecule has 2 aliphatic rings. The number of imidazole rings is 1. The van der Waals surface area contributed by atoms with Crippen molar-refractivity contribution in [1.82, 2.24) is 34.4 Å². The number of halogens is 1. The van der Waals surface area contributed by atoms with Gasteiger partial charge < -0.3 is 15.0 Å². The van der Waals surface area contributed by atoms with Crippen molar-refractivity contribution in [3.05, 3.63) is 60.9 Å². The number of carbonyl (C=O) groups excluding carboxylic acids is 1. The first kappa shape index (κ1) is 25.2. The number of likely N-dealkylation sites (N-methyl/N-ethyl adjacent to an activating group) is 1. The summed E-state index contributed by atoms with van der Waals surface area (Å²) in [5.74, 6) is 0.289. The maximum atomic E-state index is 14.5. The van der Waals surface area contributed by atoms with Crippen LogP contribution in [-0.4, -0.2) is 68.5 Å². The lowest BCUT2D eigenvalue weighted by molar-refractivity contribution is 0.0496. The van der Waals surface area contributed by atoms with E-state index in [1.54, 1.807) is 35.2 Å². The Hall–Kier alpha value is -4.12. The minimum absolute atomic E-state index is 0.0290. The number of quaternary nitrogens is 1. The second-order valence-electron chi connectivity index (χ2n) is 11.4. The topological polar surface area (TPSA) is 97.5 Å². The number of anilines is 1. The highest BCUT2D eigenvalue weighted by Gasteiger charge is 2.47. The number of alkyl carbamates (subject to hydrolysis) is 1. The van der Waals surface area contributed by atoms with Gasteiger partial charge in [-0.25, -0.2) is 13.7 Å². The van der Waals surface area contributed by atoms with Crippen LogP contribution in [0.1, 0.15) is 33.6 Å². The van der Waals surface area contributed by atoms with Gasteiger partial charge in [0.1, 0.15) is 29.2 Å². The Morgan fingerprint density at radius 2 is 1.97 bits per heavy atom. The van der Waals surface area contributed by atoms with Gasteiger partial charge in [-0.1, -0.05) is 0 Å². The van der Waals surface area contributed by atoms with E-state index in [9.17, 15) is 9.18 Å². The second kappa shape index (κ2) is 9.26. The highest BCUT2D eigenvalue weighted by Crippen LogP contribution is 2.45. The first-order valence-electron chi connectivity index (χ1n) is 13.1. The summed E-state index contributed by atoms with van der Waals surface area (Å²) in [4.78, 5) is 28.3. The molecule has 39 heavy (non-hydrogen) atoms. The zero-order valence-electron chi connectivity index (χ0n) is 22.5. The van der Waals surface area contributed by atoms with E-state index in [0.29, 0.717) is 22.7 Å². The van der Waals surface area contributed by atoms with Crippen LogP contribution < -0.4 is 14.7 Å². The first-order chi connectivity index (χ1) is 18.6. The molecule has 2 aliphatic heterocycles. The number of ether oxygens (including phenoxy) is 1. The van der Waals surface area contributed by atoms with Crippen molar-refractivity contribution in [3.8, 4) is 11.4 Å². The van der Waals surface area contributed by atoms with Crippen molar-refractivity contribution in [3.63, 3.8) is 0 Å². The number of pyridine rings is 2. The second-order valence-corrected chi connectivity index (χ2v) is 11.4. The standard InChI is InChI=1S/C28H31FN8O2/c1-28(2,3)39-27(38)33-18-7-8-20-17-37(4,24-15-30-13-11-23(24)35(20)16-18)26-32-14-19-9-10-22(34-36(19)26)25-21(29)6-5-12-31-25/h5-6,9-15,18,20H,7-8,16-17H2,1-4H3/p+1. The summed E-state index contributed by atoms with van der Waals surface area (Å²) >= 11 is 0. The van der Waals surface area contributed by atoms with Crippen LogP contribution in [0.2, 0.25) is 0 Å². The summed E-state index contributed by atoms with van der Waals surface area (Å²) in [5.41, 5.74) is 2.92. The van der Waals surface area contributed by atoms with E-state index in [1.165, 1.54) is 6.07 Å². The highest BCUT2D eigenvalue weighted by atomic mass is 19.1. The maximum Gasteiger partial charge on any atom is 0.407 e. The van der Waals surface area contributed by atoms with Crippen LogP contribution in [0.25, 0.3) is 16.9 Å². The maximum absolute atomic E-state index is 14.5. The Kier molecular flexibility index (Phi) is 5.98. The van der Waals surface area contributed by atoms with Gasteiger partial charge >= 0.3 is 12.0 Å². The van der Waals surface area contributed by atoms with Crippen LogP contribution >= 0.6 is 0 Å². The van der Waals surface area contributed by atoms with Gasteiger partial charge in [-0.05, 0) is 63.9 Å². The quantitative estimate of drug-likeness (QED) is 0.390. The number of fused-ring (bicyclic) bond motifs is 4. The molecule has 3 atom stereocenters. The Bertz CT molecular complexity index is 1550. The molecule has 0 aliphatic carbocycles. The molecule has 1 amide bonds. The number of nitrogens with one attached hydrogen (secondary N) is 1. The number of aromatic nitrogens is 5. The number of carbonyl (C=O) groups is 1. The number of piperidine rings is 1. The highest BCUT2D eigenvalue weighted by molar-refractivity contribution is 5.75. The molecule has 0 bridgehead atoms. The fraction of sp³-hybridized carbons (Fsp3) is 0.393. The molecule has 0 aromatic carbocycles. The SMILES string of the molecule is CC(C)(C)OC(=O)NC1CCC2C[N+](C)(c3ncc4ccc(-c5ncccc5F)nn34)c3cnccc3N2C1. The smallest absolute Gasteiger partial charge is 0.407 e. The van der Waals surface area contributed by atoms with E-state index in [2.05, 4.69) is 27.2 Å². The molecule has 10 nitrogen and oxygen atoms in total. The molecular formula is C28H32FN8O2+. The van der Waals surface area contributed by atoms with Crippen molar-refractivity contribution < 1.29 is 13.9 Å². The molecule has 3 unspecified atom stereocenters. The van der Waals surface area contributed by atoms with Gasteiger partial charge in [0.15, 0.2) is 11.5 Å². The van der Waals surface area contributed by atoms with Crippen LogP contribution in [-0.2, 0) is 4.74 Å². The predicted octanol–water partition coefficient (Wildman–Crippen LogP) is 4.47. The Labute approximate surface area is 226 Å². The monoisotopic (exact) mass is 531 g/mol. The van der Waals surface area contributed by atoms with Crippen LogP contribution in [0.3, 0.4) is 0 Å². The lowest BCUT2D eigenvalue weighted by atomic mass is 9.93. The zero-order chi connectivity index (χ0) is 27.4. The molecule has 6 rings (SSSR count). The molecular weight excluding hydrogens is 499 g/mol. The summed E-state index contributed by atoms with van der Waals surface area (Å²) in [6.07, 6.45) is 8.34. The number of nitrogens with zero attached hydrogens (tertiary/aromatic N) is 7. The van der Waals surface area contributed by atoms with Crippen molar-refractivity contribution in [1.29, 1.82) is 0 Å². The van der Waals surface area contributed by atoms with Crippen molar-refractivity contribution >= 4 is 28.9 Å². The first-order valence-corrected chi connectivity index (χ1v) is 13.1. The average molecular weight is 532 g/mol. The largest absolute Gasteiger partial charge is 0.444 e. The van der Waals surface area contributed by atoms with Gasteiger partial charge in [0.05, 0.1) is 31.0 Å². The van der Waals surface area contributed by atoms with Gasteiger partial charge in [-0.2, -0.15) is 14.6 Å². The molecule has 11 heteroatoms. The molecule has 202 valence electrons. The van der Waals surface area contributed by atoms with Crippen LogP contribution in [0.15, 0.2) is 55.1 Å². The normalized spacial score (nSPS) is 22.7. The van der Waals surface area contributed by atoms with Gasteiger partial charge in [-0.3, -0.25) is 9.97 Å². The van der Waals surface area contributed by atoms with Crippen molar-refractivity contribution in [2.75, 3.05) is 25.0 Å². The summed E-state index contributed by atoms with van der Waals surface area (Å²) in [7, 11) is 2.12. The number of rotatable bonds is 3. The predicted molar refractivity (Wildman–Crippen MR) is 146 cm³/mol. The summed E-state index contributed by atoms with van der Waals surface area (Å²) in [6, 6.07) is 8.79. The fourth-order valence-electron chi connectivity index (χ4n) is 5.72. The molecule has 4 aromatic rings. The third-order valence-corrected chi connectivity index (χ3v) is 7.43. The third kappa shape index (κ3) is 4.56. The number of hydrogen-bond acceptors (Lipinski definition) is 7. The van der Waals surface area contributed by atoms with E-state index in [-0.39, 0.29) is 17.8 Å². The van der Waals surface area contributed by atoms with Gasteiger partial charge in [0.2, 0.25) is 0 Å². The van der Waals surface area contributed by atoms with Gasteiger partial charge in [0.25, 0.3) is 0 Å². The molecule has 6 heterocycles. The Morgan fingerprint density at radius 3 is 2.77 bits per heavy atom. The average Bonchev–Trinajstić information content (AvgIpc) is 3.33. The summed E-state index contributed by atoms with van der Waals surface area (Å²) in [5, 5.41) is 7.83. The van der Waals surface area contributed by atoms with Crippen LogP contribution in [0, 0.1) is 5.82 Å². The number of hydrogen-bond donors (Lipinski definition) is 1. The molecule has 0 saturated carbocycles. The molecule has 0 radical (unpaired) electrons. The molecule has 4 aromatic heterocycles. The zero-order valence-corrected chi connectivity index (χ0v) is 22.5. The third-order valence-electron chi connectivity index (χ3n) is 7.43. The van der Waals surface area contributed by atoms with E-state index < -0.39 is 17.5 Å². The lowest BCUT2D eigenvalue weighted by Gasteiger charge is -2.49. The summed E-state index contributed by atoms with van der Waals surface area (Å²) < 4.78 is 22.2. The van der Waals surface area contributed by atoms with E-state index in [0.717, 1.165) is 36.3 Å². The molecule has 1 fully saturated rings. The number of amides is 1. The molecule has 1 saturated heterocycles. The summed E-state index contributed by atoms with van der Waals surface area (Å²) in [6.45, 7) is 6.99. The van der Waals surface area contributed by atoms with Crippen molar-refractivity contribution in [2.45, 2.75) is 51.3 Å². The van der Waals surface area contributed by atoms with E-state index in [4.69, 9.17) is 14.8 Å². The van der Waals surface area contributed by atoms with Crippen LogP contribution in [0.4, 0.5) is 26.5 Å². The van der Waals surface area contributed by atoms with Crippen molar-refractivity contribution in [2.24, 2.45) is 0 Å². The minimum atomic E-state index is -0.548. The van der Waals surface area contributed by atoms with Gasteiger partial charge in [0, 0.05) is 25.0 Å². The molecule has 1 N–H and O–H groups in total. The minimum Gasteiger partial charge on any atom is -0.444 e. The lowest BCUT2D eigenvalue weighted by Crippen LogP contribution is -2.62.